The molecule has 13 heteroatoms. The topological polar surface area (TPSA) is 150 Å². The lowest BCUT2D eigenvalue weighted by molar-refractivity contribution is -0.216. The summed E-state index contributed by atoms with van der Waals surface area (Å²) in [5.74, 6) is -0.684. The van der Waals surface area contributed by atoms with Crippen LogP contribution in [-0.2, 0) is 36.3 Å². The van der Waals surface area contributed by atoms with Crippen LogP contribution >= 0.6 is 0 Å². The van der Waals surface area contributed by atoms with Crippen LogP contribution in [0.25, 0.3) is 10.9 Å². The number of amides is 1. The standard InChI is InChI=1S/C51H60N6O7/c1-7-32-24-33-27-50(47(60)63-6,42-36(16-22-56(28-32)29-33)35-12-9-10-13-39(35)54-42)38-25-37-40(26-41(38)62-5)55(4)45-49(37)18-23-57-21-11-17-48(8-2,44(49)57)46(64-31(3)58)51(45,61)30-53-43(59)34-14-19-52-20-15-34/h9-15,17,19-20,24-26,33,44-46,54,61H,7-8,16,18,21-23,27-30H2,1-6H3,(H,53,59)/t33-,44?,45+,46+,48+,49+,50-,51?/m0/s1. The van der Waals surface area contributed by atoms with E-state index >= 15 is 4.79 Å². The zero-order valence-electron chi connectivity index (χ0n) is 37.8. The second-order valence-corrected chi connectivity index (χ2v) is 19.1. The number of para-hydroxylation sites is 1. The van der Waals surface area contributed by atoms with Crippen LogP contribution in [0.2, 0.25) is 0 Å². The smallest absolute Gasteiger partial charge is 0.322 e. The summed E-state index contributed by atoms with van der Waals surface area (Å²) in [5, 5.41) is 18.1. The molecular weight excluding hydrogens is 809 g/mol. The maximum atomic E-state index is 15.4. The number of rotatable bonds is 9. The first kappa shape index (κ1) is 42.5. The zero-order chi connectivity index (χ0) is 44.8. The molecule has 64 heavy (non-hydrogen) atoms. The fraction of sp³-hybridized carbons (Fsp3) is 0.490. The molecule has 9 atom stereocenters. The third-order valence-corrected chi connectivity index (χ3v) is 16.1. The number of aromatic nitrogens is 2. The largest absolute Gasteiger partial charge is 0.496 e. The van der Waals surface area contributed by atoms with Gasteiger partial charge in [0.05, 0.1) is 26.8 Å². The van der Waals surface area contributed by atoms with Gasteiger partial charge in [0.25, 0.3) is 5.91 Å². The number of nitrogens with zero attached hydrogens (tertiary/aromatic N) is 4. The summed E-state index contributed by atoms with van der Waals surface area (Å²) in [6, 6.07) is 14.9. The number of ether oxygens (including phenoxy) is 3. The summed E-state index contributed by atoms with van der Waals surface area (Å²) in [7, 11) is 5.12. The minimum atomic E-state index is -1.81. The molecule has 2 bridgehead atoms. The number of carbonyl (C=O) groups excluding carboxylic acids is 3. The molecule has 336 valence electrons. The highest BCUT2D eigenvalue weighted by molar-refractivity contribution is 5.95. The Hall–Kier alpha value is -5.50. The van der Waals surface area contributed by atoms with Crippen molar-refractivity contribution in [3.05, 3.63) is 113 Å². The number of fused-ring (bicyclic) bond motifs is 6. The number of likely N-dealkylation sites (N-methyl/N-ethyl adjacent to an activating group) is 1. The van der Waals surface area contributed by atoms with Crippen LogP contribution in [-0.4, -0.2) is 127 Å². The molecule has 2 aromatic carbocycles. The lowest BCUT2D eigenvalue weighted by Gasteiger charge is -2.64. The Kier molecular flexibility index (Phi) is 10.3. The van der Waals surface area contributed by atoms with Crippen LogP contribution in [0.5, 0.6) is 5.75 Å². The van der Waals surface area contributed by atoms with E-state index < -0.39 is 40.0 Å². The molecule has 0 radical (unpaired) electrons. The summed E-state index contributed by atoms with van der Waals surface area (Å²) >= 11 is 0. The Morgan fingerprint density at radius 3 is 2.56 bits per heavy atom. The number of pyridine rings is 1. The van der Waals surface area contributed by atoms with Crippen LogP contribution in [0, 0.1) is 11.3 Å². The molecule has 7 heterocycles. The molecule has 1 saturated heterocycles. The van der Waals surface area contributed by atoms with E-state index in [1.165, 1.54) is 19.6 Å². The van der Waals surface area contributed by atoms with E-state index in [2.05, 4.69) is 86.3 Å². The first-order valence-electron chi connectivity index (χ1n) is 23.0. The Morgan fingerprint density at radius 1 is 1.03 bits per heavy atom. The minimum absolute atomic E-state index is 0.0261. The number of benzene rings is 2. The maximum absolute atomic E-state index is 15.4. The number of methoxy groups -OCH3 is 2. The fourth-order valence-corrected chi connectivity index (χ4v) is 13.8. The SMILES string of the molecule is CCC1=C[C@@H]2CN(CCc3c([nH]c4ccccc34)[C@@](C(=O)OC)(c3cc4c(cc3OC)N(C)[C@H]3C(O)(CNC(=O)c5ccncc5)[C@H](OC(C)=O)[C@]5(CC)C=CCN6CC[C@]43C65)C2)C1. The van der Waals surface area contributed by atoms with Gasteiger partial charge in [-0.15, -0.1) is 0 Å². The zero-order valence-corrected chi connectivity index (χ0v) is 37.8. The number of H-pyrrole nitrogens is 1. The number of aliphatic hydroxyl groups is 1. The number of esters is 2. The van der Waals surface area contributed by atoms with Crippen LogP contribution in [0.1, 0.15) is 79.2 Å². The van der Waals surface area contributed by atoms with Gasteiger partial charge in [-0.1, -0.05) is 55.8 Å². The molecule has 1 saturated carbocycles. The van der Waals surface area contributed by atoms with Crippen molar-refractivity contribution in [2.75, 3.05) is 65.4 Å². The lowest BCUT2D eigenvalue weighted by atomic mass is 9.47. The van der Waals surface area contributed by atoms with E-state index in [1.54, 1.807) is 31.6 Å². The van der Waals surface area contributed by atoms with Crippen molar-refractivity contribution in [1.82, 2.24) is 25.1 Å². The normalized spacial score (nSPS) is 32.5. The Bertz CT molecular complexity index is 2590. The molecule has 4 aromatic rings. The number of hydrogen-bond donors (Lipinski definition) is 3. The quantitative estimate of drug-likeness (QED) is 0.146. The Labute approximate surface area is 374 Å². The summed E-state index contributed by atoms with van der Waals surface area (Å²) in [6.45, 7) is 9.47. The van der Waals surface area contributed by atoms with E-state index in [0.717, 1.165) is 72.4 Å². The second kappa shape index (κ2) is 15.6. The van der Waals surface area contributed by atoms with Gasteiger partial charge in [0.15, 0.2) is 0 Å². The number of anilines is 1. The molecule has 3 N–H and O–H groups in total. The Morgan fingerprint density at radius 2 is 1.83 bits per heavy atom. The van der Waals surface area contributed by atoms with E-state index in [9.17, 15) is 14.7 Å². The van der Waals surface area contributed by atoms with Crippen molar-refractivity contribution < 1.29 is 33.7 Å². The fourth-order valence-electron chi connectivity index (χ4n) is 13.8. The van der Waals surface area contributed by atoms with Gasteiger partial charge in [0.2, 0.25) is 0 Å². The van der Waals surface area contributed by atoms with E-state index in [0.29, 0.717) is 42.7 Å². The van der Waals surface area contributed by atoms with Gasteiger partial charge in [-0.3, -0.25) is 29.2 Å². The molecular formula is C51H60N6O7. The monoisotopic (exact) mass is 868 g/mol. The third kappa shape index (κ3) is 5.92. The number of nitrogens with one attached hydrogen (secondary N) is 2. The molecule has 1 spiro atoms. The number of aromatic amines is 1. The van der Waals surface area contributed by atoms with Crippen molar-refractivity contribution >= 4 is 34.4 Å². The van der Waals surface area contributed by atoms with Gasteiger partial charge in [-0.2, -0.15) is 0 Å². The molecule has 5 aliphatic heterocycles. The minimum Gasteiger partial charge on any atom is -0.496 e. The predicted molar refractivity (Wildman–Crippen MR) is 243 cm³/mol. The average molecular weight is 869 g/mol. The number of carbonyl (C=O) groups is 3. The molecule has 13 nitrogen and oxygen atoms in total. The van der Waals surface area contributed by atoms with Gasteiger partial charge < -0.3 is 34.5 Å². The predicted octanol–water partition coefficient (Wildman–Crippen LogP) is 5.45. The van der Waals surface area contributed by atoms with Crippen molar-refractivity contribution in [2.24, 2.45) is 11.3 Å². The van der Waals surface area contributed by atoms with Gasteiger partial charge >= 0.3 is 11.9 Å². The molecule has 2 aromatic heterocycles. The van der Waals surface area contributed by atoms with Gasteiger partial charge in [-0.05, 0) is 80.0 Å². The highest BCUT2D eigenvalue weighted by atomic mass is 16.6. The highest BCUT2D eigenvalue weighted by Crippen LogP contribution is 2.68. The van der Waals surface area contributed by atoms with Crippen molar-refractivity contribution in [1.29, 1.82) is 0 Å². The summed E-state index contributed by atoms with van der Waals surface area (Å²) < 4.78 is 18.9. The van der Waals surface area contributed by atoms with Gasteiger partial charge in [0.1, 0.15) is 22.9 Å². The van der Waals surface area contributed by atoms with E-state index in [-0.39, 0.29) is 30.4 Å². The first-order valence-corrected chi connectivity index (χ1v) is 23.0. The number of hydrogen-bond acceptors (Lipinski definition) is 11. The Balaban J connectivity index is 1.24. The summed E-state index contributed by atoms with van der Waals surface area (Å²) in [4.78, 5) is 57.6. The van der Waals surface area contributed by atoms with Crippen LogP contribution < -0.4 is 15.0 Å². The molecule has 2 fully saturated rings. The van der Waals surface area contributed by atoms with Crippen LogP contribution in [0.15, 0.2) is 84.7 Å². The second-order valence-electron chi connectivity index (χ2n) is 19.1. The molecule has 10 rings (SSSR count). The van der Waals surface area contributed by atoms with Gasteiger partial charge in [0, 0.05) is 109 Å². The van der Waals surface area contributed by atoms with Crippen LogP contribution in [0.3, 0.4) is 0 Å². The van der Waals surface area contributed by atoms with E-state index in [4.69, 9.17) is 14.2 Å². The highest BCUT2D eigenvalue weighted by Gasteiger charge is 2.78. The maximum Gasteiger partial charge on any atom is 0.322 e. The van der Waals surface area contributed by atoms with Crippen molar-refractivity contribution in [3.63, 3.8) is 0 Å². The summed E-state index contributed by atoms with van der Waals surface area (Å²) in [6.07, 6.45) is 12.1. The average Bonchev–Trinajstić information content (AvgIpc) is 3.98. The molecule has 3 unspecified atom stereocenters. The van der Waals surface area contributed by atoms with Crippen molar-refractivity contribution in [3.8, 4) is 5.75 Å². The molecule has 1 amide bonds. The lowest BCUT2D eigenvalue weighted by Crippen LogP contribution is -2.81. The van der Waals surface area contributed by atoms with Crippen molar-refractivity contribution in [2.45, 2.75) is 87.5 Å². The van der Waals surface area contributed by atoms with Gasteiger partial charge in [-0.25, -0.2) is 0 Å². The van der Waals surface area contributed by atoms with E-state index in [1.807, 2.05) is 19.2 Å². The third-order valence-electron chi connectivity index (χ3n) is 16.1. The first-order chi connectivity index (χ1) is 30.9. The molecule has 1 aliphatic carbocycles. The van der Waals surface area contributed by atoms with Crippen LogP contribution in [0.4, 0.5) is 5.69 Å². The summed E-state index contributed by atoms with van der Waals surface area (Å²) in [5.41, 5.74) is 2.43. The molecule has 6 aliphatic rings.